The van der Waals surface area contributed by atoms with Crippen LogP contribution in [0.1, 0.15) is 17.2 Å². The van der Waals surface area contributed by atoms with Gasteiger partial charge in [0.05, 0.1) is 6.61 Å². The van der Waals surface area contributed by atoms with Gasteiger partial charge in [0.2, 0.25) is 0 Å². The smallest absolute Gasteiger partial charge is 0.0584 e. The molecular formula is C9H13NOS. The van der Waals surface area contributed by atoms with Gasteiger partial charge in [-0.1, -0.05) is 6.07 Å². The maximum absolute atomic E-state index is 8.92. The topological polar surface area (TPSA) is 32.3 Å². The summed E-state index contributed by atoms with van der Waals surface area (Å²) in [7, 11) is 0. The molecule has 2 rings (SSSR count). The van der Waals surface area contributed by atoms with Crippen molar-refractivity contribution in [2.45, 2.75) is 18.4 Å². The van der Waals surface area contributed by atoms with Crippen molar-refractivity contribution in [2.75, 3.05) is 13.2 Å². The first-order valence-corrected chi connectivity index (χ1v) is 5.15. The standard InChI is InChI=1S/C9H13NOS/c11-6-8-4-7(5-10-8)9-2-1-3-12-9/h1-3,7-8,10-11H,4-6H2. The van der Waals surface area contributed by atoms with E-state index in [0.717, 1.165) is 13.0 Å². The van der Waals surface area contributed by atoms with Crippen LogP contribution in [-0.2, 0) is 0 Å². The summed E-state index contributed by atoms with van der Waals surface area (Å²) in [4.78, 5) is 1.44. The summed E-state index contributed by atoms with van der Waals surface area (Å²) >= 11 is 1.81. The molecule has 0 saturated carbocycles. The largest absolute Gasteiger partial charge is 0.395 e. The molecule has 0 aliphatic carbocycles. The summed E-state index contributed by atoms with van der Waals surface area (Å²) in [5.74, 6) is 0.627. The van der Waals surface area contributed by atoms with Crippen LogP contribution < -0.4 is 5.32 Å². The SMILES string of the molecule is OCC1CC(c2cccs2)CN1. The van der Waals surface area contributed by atoms with Crippen LogP contribution in [0.5, 0.6) is 0 Å². The molecule has 2 unspecified atom stereocenters. The van der Waals surface area contributed by atoms with E-state index >= 15 is 0 Å². The average Bonchev–Trinajstić information content (AvgIpc) is 2.75. The summed E-state index contributed by atoms with van der Waals surface area (Å²) < 4.78 is 0. The van der Waals surface area contributed by atoms with E-state index in [-0.39, 0.29) is 6.61 Å². The summed E-state index contributed by atoms with van der Waals surface area (Å²) in [5.41, 5.74) is 0. The van der Waals surface area contributed by atoms with Gasteiger partial charge in [0, 0.05) is 23.4 Å². The minimum atomic E-state index is 0.266. The Bertz CT molecular complexity index is 235. The average molecular weight is 183 g/mol. The number of thiophene rings is 1. The highest BCUT2D eigenvalue weighted by molar-refractivity contribution is 7.10. The normalized spacial score (nSPS) is 29.4. The third kappa shape index (κ3) is 1.53. The number of hydrogen-bond donors (Lipinski definition) is 2. The highest BCUT2D eigenvalue weighted by atomic mass is 32.1. The van der Waals surface area contributed by atoms with Crippen LogP contribution in [0.15, 0.2) is 17.5 Å². The number of nitrogens with one attached hydrogen (secondary N) is 1. The fourth-order valence-electron chi connectivity index (χ4n) is 1.70. The van der Waals surface area contributed by atoms with Gasteiger partial charge >= 0.3 is 0 Å². The Morgan fingerprint density at radius 1 is 1.67 bits per heavy atom. The van der Waals surface area contributed by atoms with E-state index in [1.54, 1.807) is 0 Å². The molecule has 1 fully saturated rings. The third-order valence-electron chi connectivity index (χ3n) is 2.39. The fourth-order valence-corrected chi connectivity index (χ4v) is 2.54. The molecule has 0 radical (unpaired) electrons. The van der Waals surface area contributed by atoms with Crippen molar-refractivity contribution in [3.8, 4) is 0 Å². The predicted octanol–water partition coefficient (Wildman–Crippen LogP) is 1.19. The molecule has 1 aliphatic rings. The highest BCUT2D eigenvalue weighted by Gasteiger charge is 2.24. The fraction of sp³-hybridized carbons (Fsp3) is 0.556. The lowest BCUT2D eigenvalue weighted by atomic mass is 10.0. The van der Waals surface area contributed by atoms with Crippen molar-refractivity contribution in [3.05, 3.63) is 22.4 Å². The van der Waals surface area contributed by atoms with Gasteiger partial charge < -0.3 is 10.4 Å². The number of aliphatic hydroxyl groups is 1. The van der Waals surface area contributed by atoms with E-state index < -0.39 is 0 Å². The van der Waals surface area contributed by atoms with Crippen LogP contribution in [0, 0.1) is 0 Å². The van der Waals surface area contributed by atoms with Crippen molar-refractivity contribution >= 4 is 11.3 Å². The zero-order valence-electron chi connectivity index (χ0n) is 6.86. The van der Waals surface area contributed by atoms with E-state index in [4.69, 9.17) is 5.11 Å². The number of rotatable bonds is 2. The molecule has 66 valence electrons. The molecule has 1 aliphatic heterocycles. The lowest BCUT2D eigenvalue weighted by Gasteiger charge is -2.05. The Hall–Kier alpha value is -0.380. The summed E-state index contributed by atoms with van der Waals surface area (Å²) in [6, 6.07) is 4.58. The Labute approximate surface area is 76.2 Å². The minimum Gasteiger partial charge on any atom is -0.395 e. The molecule has 1 saturated heterocycles. The second-order valence-electron chi connectivity index (χ2n) is 3.24. The van der Waals surface area contributed by atoms with Gasteiger partial charge in [-0.05, 0) is 17.9 Å². The van der Waals surface area contributed by atoms with E-state index in [0.29, 0.717) is 12.0 Å². The molecule has 3 heteroatoms. The predicted molar refractivity (Wildman–Crippen MR) is 50.6 cm³/mol. The van der Waals surface area contributed by atoms with E-state index in [1.165, 1.54) is 4.88 Å². The van der Waals surface area contributed by atoms with Crippen LogP contribution in [0.2, 0.25) is 0 Å². The third-order valence-corrected chi connectivity index (χ3v) is 3.42. The second-order valence-corrected chi connectivity index (χ2v) is 4.22. The van der Waals surface area contributed by atoms with Crippen molar-refractivity contribution in [2.24, 2.45) is 0 Å². The van der Waals surface area contributed by atoms with Crippen LogP contribution in [0.4, 0.5) is 0 Å². The van der Waals surface area contributed by atoms with Gasteiger partial charge in [-0.3, -0.25) is 0 Å². The maximum Gasteiger partial charge on any atom is 0.0584 e. The van der Waals surface area contributed by atoms with Gasteiger partial charge in [0.15, 0.2) is 0 Å². The first-order valence-electron chi connectivity index (χ1n) is 4.28. The van der Waals surface area contributed by atoms with E-state index in [9.17, 15) is 0 Å². The summed E-state index contributed by atoms with van der Waals surface area (Å²) in [5, 5.41) is 14.3. The van der Waals surface area contributed by atoms with Crippen LogP contribution in [0.25, 0.3) is 0 Å². The molecule has 0 aromatic carbocycles. The quantitative estimate of drug-likeness (QED) is 0.721. The molecule has 0 bridgehead atoms. The van der Waals surface area contributed by atoms with Gasteiger partial charge in [0.1, 0.15) is 0 Å². The molecule has 2 heterocycles. The first-order chi connectivity index (χ1) is 5.90. The number of hydrogen-bond acceptors (Lipinski definition) is 3. The lowest BCUT2D eigenvalue weighted by molar-refractivity contribution is 0.254. The Balaban J connectivity index is 2.00. The highest BCUT2D eigenvalue weighted by Crippen LogP contribution is 2.28. The minimum absolute atomic E-state index is 0.266. The summed E-state index contributed by atoms with van der Waals surface area (Å²) in [6.07, 6.45) is 1.08. The molecule has 2 nitrogen and oxygen atoms in total. The maximum atomic E-state index is 8.92. The van der Waals surface area contributed by atoms with Gasteiger partial charge in [-0.25, -0.2) is 0 Å². The van der Waals surface area contributed by atoms with Crippen molar-refractivity contribution < 1.29 is 5.11 Å². The lowest BCUT2D eigenvalue weighted by Crippen LogP contribution is -2.24. The Morgan fingerprint density at radius 3 is 3.17 bits per heavy atom. The van der Waals surface area contributed by atoms with Gasteiger partial charge in [0.25, 0.3) is 0 Å². The van der Waals surface area contributed by atoms with Gasteiger partial charge in [-0.15, -0.1) is 11.3 Å². The molecule has 1 aromatic heterocycles. The van der Waals surface area contributed by atoms with Crippen LogP contribution in [-0.4, -0.2) is 24.3 Å². The monoisotopic (exact) mass is 183 g/mol. The van der Waals surface area contributed by atoms with E-state index in [2.05, 4.69) is 22.8 Å². The Morgan fingerprint density at radius 2 is 2.58 bits per heavy atom. The first kappa shape index (κ1) is 8.23. The van der Waals surface area contributed by atoms with Crippen LogP contribution >= 0.6 is 11.3 Å². The molecule has 1 aromatic rings. The molecule has 12 heavy (non-hydrogen) atoms. The second kappa shape index (κ2) is 3.56. The zero-order chi connectivity index (χ0) is 8.39. The van der Waals surface area contributed by atoms with Crippen LogP contribution in [0.3, 0.4) is 0 Å². The van der Waals surface area contributed by atoms with Gasteiger partial charge in [-0.2, -0.15) is 0 Å². The number of aliphatic hydroxyl groups excluding tert-OH is 1. The van der Waals surface area contributed by atoms with Crippen molar-refractivity contribution in [1.29, 1.82) is 0 Å². The molecule has 0 amide bonds. The van der Waals surface area contributed by atoms with Crippen molar-refractivity contribution in [1.82, 2.24) is 5.32 Å². The van der Waals surface area contributed by atoms with E-state index in [1.807, 2.05) is 11.3 Å². The Kier molecular flexibility index (Phi) is 2.44. The molecular weight excluding hydrogens is 170 g/mol. The molecule has 0 spiro atoms. The summed E-state index contributed by atoms with van der Waals surface area (Å²) in [6.45, 7) is 1.29. The van der Waals surface area contributed by atoms with Crippen molar-refractivity contribution in [3.63, 3.8) is 0 Å². The molecule has 2 atom stereocenters. The zero-order valence-corrected chi connectivity index (χ0v) is 7.68. The molecule has 2 N–H and O–H groups in total.